The zero-order valence-electron chi connectivity index (χ0n) is 12.8. The fraction of sp³-hybridized carbons (Fsp3) is 0.176. The van der Waals surface area contributed by atoms with E-state index in [2.05, 4.69) is 38.4 Å². The Morgan fingerprint density at radius 2 is 2.08 bits per heavy atom. The number of benzene rings is 1. The van der Waals surface area contributed by atoms with Gasteiger partial charge in [-0.25, -0.2) is 4.98 Å². The van der Waals surface area contributed by atoms with E-state index in [9.17, 15) is 4.79 Å². The molecule has 3 rings (SSSR count). The standard InChI is InChI=1S/C17H16BrN3OS2/c18-16-7-6-14(24-16)11-23-9-8-20-17(22)15-10-19-12-21(15)13-4-2-1-3-5-13/h1-7,10,12H,8-9,11H2,(H,20,22). The summed E-state index contributed by atoms with van der Waals surface area (Å²) in [5.74, 6) is 1.74. The predicted octanol–water partition coefficient (Wildman–Crippen LogP) is 4.36. The molecule has 0 atom stereocenters. The van der Waals surface area contributed by atoms with Crippen molar-refractivity contribution in [1.82, 2.24) is 14.9 Å². The molecule has 2 aromatic heterocycles. The lowest BCUT2D eigenvalue weighted by Gasteiger charge is -2.08. The Bertz CT molecular complexity index is 801. The van der Waals surface area contributed by atoms with Gasteiger partial charge in [0.2, 0.25) is 0 Å². The summed E-state index contributed by atoms with van der Waals surface area (Å²) in [5.41, 5.74) is 1.48. The van der Waals surface area contributed by atoms with Gasteiger partial charge in [-0.3, -0.25) is 9.36 Å². The molecule has 0 aliphatic rings. The van der Waals surface area contributed by atoms with E-state index in [1.807, 2.05) is 42.1 Å². The average Bonchev–Trinajstić information content (AvgIpc) is 3.24. The van der Waals surface area contributed by atoms with E-state index in [0.29, 0.717) is 12.2 Å². The Kier molecular flexibility index (Phi) is 6.12. The minimum atomic E-state index is -0.101. The van der Waals surface area contributed by atoms with Crippen LogP contribution in [0.1, 0.15) is 15.4 Å². The van der Waals surface area contributed by atoms with Gasteiger partial charge in [-0.05, 0) is 40.2 Å². The molecule has 4 nitrogen and oxygen atoms in total. The number of carbonyl (C=O) groups excluding carboxylic acids is 1. The highest BCUT2D eigenvalue weighted by Crippen LogP contribution is 2.25. The lowest BCUT2D eigenvalue weighted by atomic mass is 10.3. The number of thiophene rings is 1. The average molecular weight is 422 g/mol. The number of halogens is 1. The van der Waals surface area contributed by atoms with Crippen molar-refractivity contribution in [3.63, 3.8) is 0 Å². The van der Waals surface area contributed by atoms with Gasteiger partial charge in [-0.2, -0.15) is 11.8 Å². The Balaban J connectivity index is 1.48. The molecular formula is C17H16BrN3OS2. The van der Waals surface area contributed by atoms with Crippen LogP contribution in [0.3, 0.4) is 0 Å². The van der Waals surface area contributed by atoms with Gasteiger partial charge in [0.1, 0.15) is 5.69 Å². The molecule has 0 aliphatic heterocycles. The van der Waals surface area contributed by atoms with Crippen molar-refractivity contribution in [2.45, 2.75) is 5.75 Å². The summed E-state index contributed by atoms with van der Waals surface area (Å²) in [4.78, 5) is 17.8. The van der Waals surface area contributed by atoms with Crippen LogP contribution in [-0.2, 0) is 5.75 Å². The molecule has 0 spiro atoms. The SMILES string of the molecule is O=C(NCCSCc1ccc(Br)s1)c1cncn1-c1ccccc1. The van der Waals surface area contributed by atoms with E-state index in [-0.39, 0.29) is 5.91 Å². The van der Waals surface area contributed by atoms with E-state index >= 15 is 0 Å². The molecule has 7 heteroatoms. The van der Waals surface area contributed by atoms with Crippen LogP contribution in [0.4, 0.5) is 0 Å². The van der Waals surface area contributed by atoms with Crippen molar-refractivity contribution in [1.29, 1.82) is 0 Å². The van der Waals surface area contributed by atoms with Gasteiger partial charge in [0, 0.05) is 28.6 Å². The quantitative estimate of drug-likeness (QED) is 0.576. The largest absolute Gasteiger partial charge is 0.350 e. The zero-order valence-corrected chi connectivity index (χ0v) is 16.0. The fourth-order valence-corrected chi connectivity index (χ4v) is 4.64. The Labute approximate surface area is 157 Å². The molecule has 1 aromatic carbocycles. The van der Waals surface area contributed by atoms with E-state index in [1.165, 1.54) is 4.88 Å². The highest BCUT2D eigenvalue weighted by molar-refractivity contribution is 9.11. The Hall–Kier alpha value is -1.57. The molecule has 0 fully saturated rings. The molecule has 124 valence electrons. The van der Waals surface area contributed by atoms with Crippen molar-refractivity contribution in [2.24, 2.45) is 0 Å². The van der Waals surface area contributed by atoms with Crippen LogP contribution in [0.25, 0.3) is 5.69 Å². The van der Waals surface area contributed by atoms with Gasteiger partial charge >= 0.3 is 0 Å². The molecule has 0 radical (unpaired) electrons. The molecule has 0 saturated carbocycles. The van der Waals surface area contributed by atoms with Crippen molar-refractivity contribution >= 4 is 44.9 Å². The van der Waals surface area contributed by atoms with E-state index in [0.717, 1.165) is 21.0 Å². The molecule has 1 N–H and O–H groups in total. The normalized spacial score (nSPS) is 10.7. The van der Waals surface area contributed by atoms with Crippen molar-refractivity contribution < 1.29 is 4.79 Å². The zero-order chi connectivity index (χ0) is 16.8. The van der Waals surface area contributed by atoms with Crippen LogP contribution < -0.4 is 5.32 Å². The summed E-state index contributed by atoms with van der Waals surface area (Å²) < 4.78 is 2.95. The number of aromatic nitrogens is 2. The summed E-state index contributed by atoms with van der Waals surface area (Å²) in [6.07, 6.45) is 3.26. The van der Waals surface area contributed by atoms with E-state index < -0.39 is 0 Å². The molecule has 0 saturated heterocycles. The summed E-state index contributed by atoms with van der Waals surface area (Å²) in [5, 5.41) is 2.96. The number of carbonyl (C=O) groups is 1. The van der Waals surface area contributed by atoms with Gasteiger partial charge < -0.3 is 5.32 Å². The topological polar surface area (TPSA) is 46.9 Å². The third-order valence-electron chi connectivity index (χ3n) is 3.31. The number of hydrogen-bond acceptors (Lipinski definition) is 4. The molecule has 0 unspecified atom stereocenters. The Morgan fingerprint density at radius 1 is 1.25 bits per heavy atom. The fourth-order valence-electron chi connectivity index (χ4n) is 2.19. The van der Waals surface area contributed by atoms with Crippen molar-refractivity contribution in [3.05, 3.63) is 69.3 Å². The van der Waals surface area contributed by atoms with Crippen LogP contribution in [0.2, 0.25) is 0 Å². The lowest BCUT2D eigenvalue weighted by Crippen LogP contribution is -2.27. The first kappa shape index (κ1) is 17.3. The van der Waals surface area contributed by atoms with E-state index in [1.54, 1.807) is 28.4 Å². The summed E-state index contributed by atoms with van der Waals surface area (Å²) in [6, 6.07) is 13.9. The minimum absolute atomic E-state index is 0.101. The summed E-state index contributed by atoms with van der Waals surface area (Å²) >= 11 is 7.02. The van der Waals surface area contributed by atoms with Crippen LogP contribution in [-0.4, -0.2) is 27.8 Å². The van der Waals surface area contributed by atoms with Crippen LogP contribution in [0, 0.1) is 0 Å². The van der Waals surface area contributed by atoms with Gasteiger partial charge in [0.25, 0.3) is 5.91 Å². The number of rotatable bonds is 7. The van der Waals surface area contributed by atoms with Gasteiger partial charge in [-0.1, -0.05) is 18.2 Å². The molecule has 3 aromatic rings. The summed E-state index contributed by atoms with van der Waals surface area (Å²) in [7, 11) is 0. The highest BCUT2D eigenvalue weighted by atomic mass is 79.9. The maximum atomic E-state index is 12.4. The number of nitrogens with zero attached hydrogens (tertiary/aromatic N) is 2. The third-order valence-corrected chi connectivity index (χ3v) is 6.12. The van der Waals surface area contributed by atoms with Crippen molar-refractivity contribution in [2.75, 3.05) is 12.3 Å². The minimum Gasteiger partial charge on any atom is -0.350 e. The second-order valence-corrected chi connectivity index (χ2v) is 8.65. The number of imidazole rings is 1. The first-order chi connectivity index (χ1) is 11.7. The van der Waals surface area contributed by atoms with E-state index in [4.69, 9.17) is 0 Å². The Morgan fingerprint density at radius 3 is 2.83 bits per heavy atom. The first-order valence-corrected chi connectivity index (χ1v) is 10.2. The first-order valence-electron chi connectivity index (χ1n) is 7.42. The number of hydrogen-bond donors (Lipinski definition) is 1. The number of para-hydroxylation sites is 1. The number of thioether (sulfide) groups is 1. The predicted molar refractivity (Wildman–Crippen MR) is 104 cm³/mol. The summed E-state index contributed by atoms with van der Waals surface area (Å²) in [6.45, 7) is 0.635. The third kappa shape index (κ3) is 4.49. The van der Waals surface area contributed by atoms with Gasteiger partial charge in [0.05, 0.1) is 16.3 Å². The molecule has 24 heavy (non-hydrogen) atoms. The molecule has 1 amide bonds. The second kappa shape index (κ2) is 8.50. The van der Waals surface area contributed by atoms with Crippen LogP contribution >= 0.6 is 39.0 Å². The maximum absolute atomic E-state index is 12.4. The van der Waals surface area contributed by atoms with Gasteiger partial charge in [-0.15, -0.1) is 11.3 Å². The smallest absolute Gasteiger partial charge is 0.269 e. The molecule has 0 aliphatic carbocycles. The van der Waals surface area contributed by atoms with Crippen molar-refractivity contribution in [3.8, 4) is 5.69 Å². The number of amides is 1. The lowest BCUT2D eigenvalue weighted by molar-refractivity contribution is 0.0949. The second-order valence-electron chi connectivity index (χ2n) is 5.00. The van der Waals surface area contributed by atoms with Crippen LogP contribution in [0.15, 0.2) is 58.8 Å². The maximum Gasteiger partial charge on any atom is 0.269 e. The molecular weight excluding hydrogens is 406 g/mol. The van der Waals surface area contributed by atoms with Crippen LogP contribution in [0.5, 0.6) is 0 Å². The highest BCUT2D eigenvalue weighted by Gasteiger charge is 2.12. The number of nitrogens with one attached hydrogen (secondary N) is 1. The monoisotopic (exact) mass is 421 g/mol. The van der Waals surface area contributed by atoms with Gasteiger partial charge in [0.15, 0.2) is 0 Å². The molecule has 0 bridgehead atoms. The molecule has 2 heterocycles.